The van der Waals surface area contributed by atoms with Crippen molar-refractivity contribution in [3.8, 4) is 0 Å². The number of thiol groups is 1. The molecule has 1 amide bonds. The lowest BCUT2D eigenvalue weighted by Crippen LogP contribution is -2.25. The van der Waals surface area contributed by atoms with E-state index in [1.807, 2.05) is 0 Å². The zero-order valence-corrected chi connectivity index (χ0v) is 7.82. The van der Waals surface area contributed by atoms with Crippen molar-refractivity contribution >= 4 is 24.4 Å². The van der Waals surface area contributed by atoms with Gasteiger partial charge in [0.2, 0.25) is 5.91 Å². The van der Waals surface area contributed by atoms with Gasteiger partial charge in [0.15, 0.2) is 5.82 Å². The molecular formula is C8H9N3OS. The molecule has 1 aromatic rings. The summed E-state index contributed by atoms with van der Waals surface area (Å²) in [6.07, 6.45) is 2.07. The SMILES string of the molecule is O=C1CC(S)CN1c1cccnn1. The summed E-state index contributed by atoms with van der Waals surface area (Å²) in [5.74, 6) is 0.685. The van der Waals surface area contributed by atoms with Crippen LogP contribution in [0.2, 0.25) is 0 Å². The molecule has 0 saturated carbocycles. The third-order valence-corrected chi connectivity index (χ3v) is 2.29. The standard InChI is InChI=1S/C8H9N3OS/c12-8-4-6(13)5-11(8)7-2-1-3-9-10-7/h1-3,6,13H,4-5H2. The predicted molar refractivity (Wildman–Crippen MR) is 51.8 cm³/mol. The van der Waals surface area contributed by atoms with Crippen LogP contribution in [-0.4, -0.2) is 27.9 Å². The van der Waals surface area contributed by atoms with E-state index in [0.717, 1.165) is 0 Å². The summed E-state index contributed by atoms with van der Waals surface area (Å²) in [6, 6.07) is 3.54. The first-order chi connectivity index (χ1) is 6.27. The van der Waals surface area contributed by atoms with Gasteiger partial charge in [0.1, 0.15) is 0 Å². The molecule has 1 aliphatic heterocycles. The molecule has 1 atom stereocenters. The largest absolute Gasteiger partial charge is 0.294 e. The monoisotopic (exact) mass is 195 g/mol. The third kappa shape index (κ3) is 1.65. The normalized spacial score (nSPS) is 22.4. The number of aromatic nitrogens is 2. The van der Waals surface area contributed by atoms with Gasteiger partial charge in [-0.3, -0.25) is 9.69 Å². The summed E-state index contributed by atoms with van der Waals surface area (Å²) in [4.78, 5) is 13.0. The molecule has 13 heavy (non-hydrogen) atoms. The van der Waals surface area contributed by atoms with Gasteiger partial charge in [-0.2, -0.15) is 17.7 Å². The molecular weight excluding hydrogens is 186 g/mol. The number of hydrogen-bond donors (Lipinski definition) is 1. The van der Waals surface area contributed by atoms with Crippen molar-refractivity contribution in [2.75, 3.05) is 11.4 Å². The maximum atomic E-state index is 11.4. The molecule has 1 saturated heterocycles. The first-order valence-electron chi connectivity index (χ1n) is 4.03. The van der Waals surface area contributed by atoms with Crippen LogP contribution in [-0.2, 0) is 4.79 Å². The van der Waals surface area contributed by atoms with Crippen LogP contribution in [0.5, 0.6) is 0 Å². The van der Waals surface area contributed by atoms with E-state index >= 15 is 0 Å². The first kappa shape index (κ1) is 8.50. The Labute approximate surface area is 81.4 Å². The lowest BCUT2D eigenvalue weighted by Gasteiger charge is -2.12. The van der Waals surface area contributed by atoms with Gasteiger partial charge in [0, 0.05) is 24.4 Å². The van der Waals surface area contributed by atoms with Crippen molar-refractivity contribution in [1.29, 1.82) is 0 Å². The summed E-state index contributed by atoms with van der Waals surface area (Å²) in [5.41, 5.74) is 0. The van der Waals surface area contributed by atoms with Crippen LogP contribution < -0.4 is 4.90 Å². The molecule has 2 heterocycles. The maximum Gasteiger partial charge on any atom is 0.229 e. The number of carbonyl (C=O) groups is 1. The minimum absolute atomic E-state index is 0.0699. The van der Waals surface area contributed by atoms with E-state index in [1.165, 1.54) is 0 Å². The number of nitrogens with zero attached hydrogens (tertiary/aromatic N) is 3. The lowest BCUT2D eigenvalue weighted by atomic mass is 10.4. The summed E-state index contributed by atoms with van der Waals surface area (Å²) in [6.45, 7) is 0.626. The molecule has 68 valence electrons. The highest BCUT2D eigenvalue weighted by Crippen LogP contribution is 2.20. The van der Waals surface area contributed by atoms with Crippen LogP contribution in [0.15, 0.2) is 18.3 Å². The molecule has 0 aliphatic carbocycles. The first-order valence-corrected chi connectivity index (χ1v) is 4.55. The van der Waals surface area contributed by atoms with Crippen LogP contribution in [0, 0.1) is 0 Å². The summed E-state index contributed by atoms with van der Waals surface area (Å²) in [5, 5.41) is 7.71. The number of rotatable bonds is 1. The second-order valence-electron chi connectivity index (χ2n) is 2.94. The average Bonchev–Trinajstić information content (AvgIpc) is 2.47. The molecule has 1 unspecified atom stereocenters. The number of hydrogen-bond acceptors (Lipinski definition) is 4. The van der Waals surface area contributed by atoms with Crippen LogP contribution in [0.1, 0.15) is 6.42 Å². The van der Waals surface area contributed by atoms with Crippen molar-refractivity contribution in [2.45, 2.75) is 11.7 Å². The predicted octanol–water partition coefficient (Wildman–Crippen LogP) is 0.512. The van der Waals surface area contributed by atoms with E-state index < -0.39 is 0 Å². The highest BCUT2D eigenvalue weighted by atomic mass is 32.1. The quantitative estimate of drug-likeness (QED) is 0.664. The fourth-order valence-corrected chi connectivity index (χ4v) is 1.67. The molecule has 4 nitrogen and oxygen atoms in total. The third-order valence-electron chi connectivity index (χ3n) is 1.94. The average molecular weight is 195 g/mol. The zero-order chi connectivity index (χ0) is 9.26. The van der Waals surface area contributed by atoms with E-state index in [0.29, 0.717) is 18.8 Å². The van der Waals surface area contributed by atoms with Crippen molar-refractivity contribution in [3.05, 3.63) is 18.3 Å². The molecule has 0 aromatic carbocycles. The van der Waals surface area contributed by atoms with E-state index in [1.54, 1.807) is 23.2 Å². The highest BCUT2D eigenvalue weighted by molar-refractivity contribution is 7.81. The van der Waals surface area contributed by atoms with E-state index in [4.69, 9.17) is 0 Å². The van der Waals surface area contributed by atoms with Gasteiger partial charge in [-0.05, 0) is 12.1 Å². The minimum Gasteiger partial charge on any atom is -0.294 e. The summed E-state index contributed by atoms with van der Waals surface area (Å²) >= 11 is 4.25. The van der Waals surface area contributed by atoms with Gasteiger partial charge in [-0.25, -0.2) is 0 Å². The Morgan fingerprint density at radius 2 is 2.46 bits per heavy atom. The molecule has 1 fully saturated rings. The van der Waals surface area contributed by atoms with E-state index in [9.17, 15) is 4.79 Å². The van der Waals surface area contributed by atoms with Crippen LogP contribution in [0.3, 0.4) is 0 Å². The minimum atomic E-state index is 0.0699. The second-order valence-corrected chi connectivity index (χ2v) is 3.67. The summed E-state index contributed by atoms with van der Waals surface area (Å²) in [7, 11) is 0. The van der Waals surface area contributed by atoms with Crippen LogP contribution in [0.25, 0.3) is 0 Å². The molecule has 0 spiro atoms. The Bertz CT molecular complexity index is 316. The van der Waals surface area contributed by atoms with E-state index in [2.05, 4.69) is 22.8 Å². The molecule has 1 aromatic heterocycles. The molecule has 2 rings (SSSR count). The Kier molecular flexibility index (Phi) is 2.18. The van der Waals surface area contributed by atoms with Gasteiger partial charge < -0.3 is 0 Å². The van der Waals surface area contributed by atoms with Gasteiger partial charge >= 0.3 is 0 Å². The molecule has 0 N–H and O–H groups in total. The van der Waals surface area contributed by atoms with Gasteiger partial charge in [-0.1, -0.05) is 0 Å². The van der Waals surface area contributed by atoms with Gasteiger partial charge in [0.25, 0.3) is 0 Å². The fraction of sp³-hybridized carbons (Fsp3) is 0.375. The molecule has 0 radical (unpaired) electrons. The number of amides is 1. The van der Waals surface area contributed by atoms with Crippen molar-refractivity contribution in [2.24, 2.45) is 0 Å². The zero-order valence-electron chi connectivity index (χ0n) is 6.92. The van der Waals surface area contributed by atoms with Crippen LogP contribution in [0.4, 0.5) is 5.82 Å². The molecule has 1 aliphatic rings. The van der Waals surface area contributed by atoms with Gasteiger partial charge in [-0.15, -0.1) is 5.10 Å². The fourth-order valence-electron chi connectivity index (χ4n) is 1.35. The van der Waals surface area contributed by atoms with E-state index in [-0.39, 0.29) is 11.2 Å². The smallest absolute Gasteiger partial charge is 0.229 e. The highest BCUT2D eigenvalue weighted by Gasteiger charge is 2.28. The number of anilines is 1. The molecule has 0 bridgehead atoms. The van der Waals surface area contributed by atoms with Gasteiger partial charge in [0.05, 0.1) is 0 Å². The lowest BCUT2D eigenvalue weighted by molar-refractivity contribution is -0.117. The Balaban J connectivity index is 2.23. The van der Waals surface area contributed by atoms with Crippen molar-refractivity contribution in [3.63, 3.8) is 0 Å². The topological polar surface area (TPSA) is 46.1 Å². The second kappa shape index (κ2) is 3.33. The Morgan fingerprint density at radius 1 is 1.62 bits per heavy atom. The molecule has 5 heteroatoms. The summed E-state index contributed by atoms with van der Waals surface area (Å²) < 4.78 is 0. The Hall–Kier alpha value is -1.10. The van der Waals surface area contributed by atoms with Crippen molar-refractivity contribution < 1.29 is 4.79 Å². The number of carbonyl (C=O) groups excluding carboxylic acids is 1. The van der Waals surface area contributed by atoms with Crippen molar-refractivity contribution in [1.82, 2.24) is 10.2 Å². The Morgan fingerprint density at radius 3 is 3.00 bits per heavy atom. The van der Waals surface area contributed by atoms with Crippen LogP contribution >= 0.6 is 12.6 Å². The maximum absolute atomic E-state index is 11.4.